The maximum Gasteiger partial charge on any atom is 0.329 e. The number of aromatic nitrogens is 4. The van der Waals surface area contributed by atoms with Gasteiger partial charge in [0.1, 0.15) is 12.4 Å². The van der Waals surface area contributed by atoms with Crippen molar-refractivity contribution in [3.63, 3.8) is 0 Å². The fourth-order valence-corrected chi connectivity index (χ4v) is 3.57. The summed E-state index contributed by atoms with van der Waals surface area (Å²) in [4.78, 5) is 29.9. The van der Waals surface area contributed by atoms with E-state index in [4.69, 9.17) is 16.1 Å². The molecule has 1 amide bonds. The molecular weight excluding hydrogens is 425 g/mol. The van der Waals surface area contributed by atoms with E-state index >= 15 is 0 Å². The average molecular weight is 444 g/mol. The second kappa shape index (κ2) is 7.99. The second-order valence-electron chi connectivity index (χ2n) is 7.35. The number of rotatable bonds is 5. The van der Waals surface area contributed by atoms with Crippen LogP contribution in [0.15, 0.2) is 45.7 Å². The highest BCUT2D eigenvalue weighted by Gasteiger charge is 2.19. The van der Waals surface area contributed by atoms with Crippen molar-refractivity contribution < 1.29 is 13.7 Å². The largest absolute Gasteiger partial charge is 0.339 e. The SMILES string of the molecule is Cc1nc(-c2ccc3c(c2)n(CC(=O)Nc2ccc(Cl)cc2F)c(=O)n3C(C)C)no1. The summed E-state index contributed by atoms with van der Waals surface area (Å²) in [5, 5.41) is 6.61. The van der Waals surface area contributed by atoms with Crippen LogP contribution in [0.4, 0.5) is 10.1 Å². The van der Waals surface area contributed by atoms with Crippen molar-refractivity contribution in [2.45, 2.75) is 33.4 Å². The third kappa shape index (κ3) is 3.96. The summed E-state index contributed by atoms with van der Waals surface area (Å²) in [5.41, 5.74) is 1.47. The van der Waals surface area contributed by atoms with Crippen molar-refractivity contribution in [3.05, 3.63) is 63.6 Å². The number of anilines is 1. The van der Waals surface area contributed by atoms with E-state index in [0.29, 0.717) is 28.3 Å². The number of carbonyl (C=O) groups is 1. The Morgan fingerprint density at radius 3 is 2.65 bits per heavy atom. The second-order valence-corrected chi connectivity index (χ2v) is 7.78. The Hall–Kier alpha value is -3.46. The minimum absolute atomic E-state index is 0.0157. The lowest BCUT2D eigenvalue weighted by molar-refractivity contribution is -0.116. The Bertz CT molecular complexity index is 1360. The zero-order valence-electron chi connectivity index (χ0n) is 17.0. The number of nitrogens with one attached hydrogen (secondary N) is 1. The standard InChI is InChI=1S/C21H19ClFN5O3/c1-11(2)28-17-7-4-13(20-24-12(3)31-26-20)8-18(17)27(21(28)30)10-19(29)25-16-6-5-14(22)9-15(16)23/h4-9,11H,10H2,1-3H3,(H,25,29). The van der Waals surface area contributed by atoms with E-state index in [1.165, 1.54) is 16.7 Å². The Morgan fingerprint density at radius 2 is 2.00 bits per heavy atom. The summed E-state index contributed by atoms with van der Waals surface area (Å²) >= 11 is 5.75. The summed E-state index contributed by atoms with van der Waals surface area (Å²) in [6, 6.07) is 9.11. The van der Waals surface area contributed by atoms with Crippen LogP contribution in [-0.4, -0.2) is 25.2 Å². The van der Waals surface area contributed by atoms with Crippen LogP contribution in [0.25, 0.3) is 22.4 Å². The normalized spacial score (nSPS) is 11.4. The Morgan fingerprint density at radius 1 is 1.23 bits per heavy atom. The van der Waals surface area contributed by atoms with Crippen LogP contribution in [0.2, 0.25) is 5.02 Å². The van der Waals surface area contributed by atoms with Crippen LogP contribution in [0.1, 0.15) is 25.8 Å². The van der Waals surface area contributed by atoms with Gasteiger partial charge in [0.25, 0.3) is 0 Å². The summed E-state index contributed by atoms with van der Waals surface area (Å²) < 4.78 is 22.0. The maximum absolute atomic E-state index is 14.0. The van der Waals surface area contributed by atoms with Gasteiger partial charge in [0, 0.05) is 23.6 Å². The molecule has 0 bridgehead atoms. The van der Waals surface area contributed by atoms with Gasteiger partial charge in [-0.15, -0.1) is 0 Å². The Balaban J connectivity index is 1.75. The zero-order valence-corrected chi connectivity index (χ0v) is 17.8. The van der Waals surface area contributed by atoms with Crippen molar-refractivity contribution >= 4 is 34.2 Å². The van der Waals surface area contributed by atoms with Crippen LogP contribution in [0, 0.1) is 12.7 Å². The van der Waals surface area contributed by atoms with Gasteiger partial charge < -0.3 is 9.84 Å². The monoisotopic (exact) mass is 443 g/mol. The molecule has 0 aliphatic carbocycles. The number of hydrogen-bond acceptors (Lipinski definition) is 5. The molecule has 31 heavy (non-hydrogen) atoms. The summed E-state index contributed by atoms with van der Waals surface area (Å²) in [5.74, 6) is -0.417. The predicted molar refractivity (Wildman–Crippen MR) is 115 cm³/mol. The number of aryl methyl sites for hydroxylation is 1. The molecule has 0 atom stereocenters. The van der Waals surface area contributed by atoms with Crippen molar-refractivity contribution in [2.75, 3.05) is 5.32 Å². The van der Waals surface area contributed by atoms with Gasteiger partial charge in [-0.3, -0.25) is 13.9 Å². The van der Waals surface area contributed by atoms with Gasteiger partial charge in [-0.1, -0.05) is 16.8 Å². The molecule has 0 radical (unpaired) electrons. The molecule has 10 heteroatoms. The lowest BCUT2D eigenvalue weighted by atomic mass is 10.2. The maximum atomic E-state index is 14.0. The van der Waals surface area contributed by atoms with E-state index in [0.717, 1.165) is 6.07 Å². The summed E-state index contributed by atoms with van der Waals surface area (Å²) in [6.07, 6.45) is 0. The first-order chi connectivity index (χ1) is 14.7. The van der Waals surface area contributed by atoms with E-state index in [1.807, 2.05) is 13.8 Å². The molecular formula is C21H19ClFN5O3. The topological polar surface area (TPSA) is 95.0 Å². The number of benzene rings is 2. The molecule has 0 unspecified atom stereocenters. The Labute approximate surface area is 181 Å². The molecule has 2 aromatic carbocycles. The molecule has 160 valence electrons. The Kier molecular flexibility index (Phi) is 5.36. The molecule has 0 fully saturated rings. The van der Waals surface area contributed by atoms with E-state index in [-0.39, 0.29) is 29.0 Å². The lowest BCUT2D eigenvalue weighted by Gasteiger charge is -2.08. The van der Waals surface area contributed by atoms with Gasteiger partial charge in [-0.25, -0.2) is 9.18 Å². The first-order valence-corrected chi connectivity index (χ1v) is 9.92. The van der Waals surface area contributed by atoms with Crippen molar-refractivity contribution in [2.24, 2.45) is 0 Å². The first kappa shape index (κ1) is 20.8. The van der Waals surface area contributed by atoms with Gasteiger partial charge in [-0.05, 0) is 50.2 Å². The third-order valence-electron chi connectivity index (χ3n) is 4.77. The number of hydrogen-bond donors (Lipinski definition) is 1. The number of halogens is 2. The predicted octanol–water partition coefficient (Wildman–Crippen LogP) is 4.17. The number of amides is 1. The summed E-state index contributed by atoms with van der Waals surface area (Å²) in [7, 11) is 0. The number of carbonyl (C=O) groups excluding carboxylic acids is 1. The molecule has 0 saturated heterocycles. The van der Waals surface area contributed by atoms with Crippen molar-refractivity contribution in [3.8, 4) is 11.4 Å². The minimum atomic E-state index is -0.660. The number of nitrogens with zero attached hydrogens (tertiary/aromatic N) is 4. The quantitative estimate of drug-likeness (QED) is 0.499. The summed E-state index contributed by atoms with van der Waals surface area (Å²) in [6.45, 7) is 5.14. The first-order valence-electron chi connectivity index (χ1n) is 9.55. The van der Waals surface area contributed by atoms with Gasteiger partial charge in [-0.2, -0.15) is 4.98 Å². The minimum Gasteiger partial charge on any atom is -0.339 e. The number of fused-ring (bicyclic) bond motifs is 1. The highest BCUT2D eigenvalue weighted by atomic mass is 35.5. The molecule has 2 heterocycles. The van der Waals surface area contributed by atoms with Gasteiger partial charge in [0.2, 0.25) is 17.6 Å². The van der Waals surface area contributed by atoms with E-state index < -0.39 is 11.7 Å². The average Bonchev–Trinajstić information content (AvgIpc) is 3.25. The third-order valence-corrected chi connectivity index (χ3v) is 5.01. The van der Waals surface area contributed by atoms with Gasteiger partial charge in [0.05, 0.1) is 16.7 Å². The van der Waals surface area contributed by atoms with Crippen molar-refractivity contribution in [1.29, 1.82) is 0 Å². The molecule has 2 aromatic heterocycles. The molecule has 4 aromatic rings. The van der Waals surface area contributed by atoms with E-state index in [9.17, 15) is 14.0 Å². The van der Waals surface area contributed by atoms with E-state index in [2.05, 4.69) is 15.5 Å². The molecule has 8 nitrogen and oxygen atoms in total. The number of imidazole rings is 1. The molecule has 0 saturated carbocycles. The van der Waals surface area contributed by atoms with Crippen molar-refractivity contribution in [1.82, 2.24) is 19.3 Å². The van der Waals surface area contributed by atoms with Crippen LogP contribution < -0.4 is 11.0 Å². The molecule has 0 aliphatic heterocycles. The highest BCUT2D eigenvalue weighted by Crippen LogP contribution is 2.24. The molecule has 4 rings (SSSR count). The van der Waals surface area contributed by atoms with Crippen LogP contribution in [0.3, 0.4) is 0 Å². The molecule has 0 spiro atoms. The molecule has 1 N–H and O–H groups in total. The molecule has 0 aliphatic rings. The zero-order chi connectivity index (χ0) is 22.3. The lowest BCUT2D eigenvalue weighted by Crippen LogP contribution is -2.30. The van der Waals surface area contributed by atoms with E-state index in [1.54, 1.807) is 29.7 Å². The fraction of sp³-hybridized carbons (Fsp3) is 0.238. The van der Waals surface area contributed by atoms with Gasteiger partial charge >= 0.3 is 5.69 Å². The van der Waals surface area contributed by atoms with Gasteiger partial charge in [0.15, 0.2) is 0 Å². The highest BCUT2D eigenvalue weighted by molar-refractivity contribution is 6.30. The van der Waals surface area contributed by atoms with Crippen LogP contribution >= 0.6 is 11.6 Å². The fourth-order valence-electron chi connectivity index (χ4n) is 3.41. The van der Waals surface area contributed by atoms with Crippen LogP contribution in [-0.2, 0) is 11.3 Å². The van der Waals surface area contributed by atoms with Crippen LogP contribution in [0.5, 0.6) is 0 Å². The smallest absolute Gasteiger partial charge is 0.329 e.